The van der Waals surface area contributed by atoms with E-state index in [1.807, 2.05) is 0 Å². The highest BCUT2D eigenvalue weighted by Crippen LogP contribution is 2.48. The van der Waals surface area contributed by atoms with Crippen molar-refractivity contribution < 1.29 is 27.9 Å². The Kier molecular flexibility index (Phi) is 7.10. The normalized spacial score (nSPS) is 17.2. The van der Waals surface area contributed by atoms with Gasteiger partial charge >= 0.3 is 12.1 Å². The molecule has 2 N–H and O–H groups in total. The van der Waals surface area contributed by atoms with Crippen molar-refractivity contribution in [3.63, 3.8) is 0 Å². The molecule has 1 saturated carbocycles. The number of carboxylic acid groups (broad SMARTS) is 1. The smallest absolute Gasteiger partial charge is 0.392 e. The van der Waals surface area contributed by atoms with Gasteiger partial charge in [0.2, 0.25) is 5.91 Å². The summed E-state index contributed by atoms with van der Waals surface area (Å²) in [7, 11) is 0. The molecule has 2 aromatic rings. The van der Waals surface area contributed by atoms with E-state index in [2.05, 4.69) is 5.32 Å². The second-order valence-electron chi connectivity index (χ2n) is 8.25. The number of halogens is 5. The standard InChI is InChI=1S/C23H22Cl2F3NO3/c1-13(23(26,27)28)20(14-3-6-16(24)7-4-14)21(32)29-18-11-15(5-8-17(18)25)22(9-2-10-22)12-19(30)31/h3-8,11,13,20H,2,9-10,12H2,1H3,(H,29,32)(H,30,31)/t13-,20+/m1/s1. The summed E-state index contributed by atoms with van der Waals surface area (Å²) < 4.78 is 40.7. The minimum atomic E-state index is -4.61. The van der Waals surface area contributed by atoms with E-state index >= 15 is 0 Å². The van der Waals surface area contributed by atoms with Crippen LogP contribution in [0.1, 0.15) is 49.7 Å². The average molecular weight is 488 g/mol. The first-order valence-corrected chi connectivity index (χ1v) is 10.8. The van der Waals surface area contributed by atoms with E-state index in [1.165, 1.54) is 30.3 Å². The largest absolute Gasteiger partial charge is 0.481 e. The highest BCUT2D eigenvalue weighted by atomic mass is 35.5. The second kappa shape index (κ2) is 9.32. The highest BCUT2D eigenvalue weighted by molar-refractivity contribution is 6.33. The van der Waals surface area contributed by atoms with Gasteiger partial charge in [0, 0.05) is 10.4 Å². The Labute approximate surface area is 193 Å². The van der Waals surface area contributed by atoms with Crippen LogP contribution in [0, 0.1) is 5.92 Å². The molecule has 1 aliphatic rings. The molecule has 0 radical (unpaired) electrons. The first-order chi connectivity index (χ1) is 14.9. The van der Waals surface area contributed by atoms with Crippen LogP contribution in [0.25, 0.3) is 0 Å². The van der Waals surface area contributed by atoms with Crippen molar-refractivity contribution in [3.05, 3.63) is 63.6 Å². The van der Waals surface area contributed by atoms with Gasteiger partial charge in [-0.25, -0.2) is 0 Å². The number of carboxylic acids is 1. The maximum absolute atomic E-state index is 13.6. The Hall–Kier alpha value is -2.25. The molecule has 172 valence electrons. The Balaban J connectivity index is 1.94. The van der Waals surface area contributed by atoms with Gasteiger partial charge in [0.25, 0.3) is 0 Å². The van der Waals surface area contributed by atoms with Crippen LogP contribution in [-0.2, 0) is 15.0 Å². The van der Waals surface area contributed by atoms with Crippen molar-refractivity contribution in [1.29, 1.82) is 0 Å². The summed E-state index contributed by atoms with van der Waals surface area (Å²) in [5.41, 5.74) is 0.451. The van der Waals surface area contributed by atoms with Crippen molar-refractivity contribution in [2.45, 2.75) is 50.1 Å². The summed E-state index contributed by atoms with van der Waals surface area (Å²) in [5.74, 6) is -5.29. The van der Waals surface area contributed by atoms with Crippen molar-refractivity contribution in [1.82, 2.24) is 0 Å². The molecule has 1 fully saturated rings. The lowest BCUT2D eigenvalue weighted by atomic mass is 9.62. The number of hydrogen-bond acceptors (Lipinski definition) is 2. The summed E-state index contributed by atoms with van der Waals surface area (Å²) in [6, 6.07) is 10.4. The van der Waals surface area contributed by atoms with E-state index in [1.54, 1.807) is 12.1 Å². The number of hydrogen-bond donors (Lipinski definition) is 2. The van der Waals surface area contributed by atoms with Crippen LogP contribution < -0.4 is 5.32 Å². The summed E-state index contributed by atoms with van der Waals surface area (Å²) in [6.45, 7) is 0.951. The van der Waals surface area contributed by atoms with Gasteiger partial charge < -0.3 is 10.4 Å². The number of anilines is 1. The number of carbonyl (C=O) groups is 2. The fourth-order valence-electron chi connectivity index (χ4n) is 4.15. The molecule has 3 rings (SSSR count). The van der Waals surface area contributed by atoms with E-state index in [-0.39, 0.29) is 22.7 Å². The summed E-state index contributed by atoms with van der Waals surface area (Å²) in [4.78, 5) is 24.4. The SMILES string of the molecule is C[C@H]([C@H](C(=O)Nc1cc(C2(CC(=O)O)CCC2)ccc1Cl)c1ccc(Cl)cc1)C(F)(F)F. The monoisotopic (exact) mass is 487 g/mol. The number of carbonyl (C=O) groups excluding carboxylic acids is 1. The first-order valence-electron chi connectivity index (χ1n) is 10.1. The lowest BCUT2D eigenvalue weighted by Gasteiger charge is -2.41. The quantitative estimate of drug-likeness (QED) is 0.450. The Bertz CT molecular complexity index is 1000. The van der Waals surface area contributed by atoms with Crippen LogP contribution in [0.2, 0.25) is 10.0 Å². The number of alkyl halides is 3. The summed E-state index contributed by atoms with van der Waals surface area (Å²) >= 11 is 12.1. The van der Waals surface area contributed by atoms with Crippen LogP contribution in [-0.4, -0.2) is 23.2 Å². The molecule has 32 heavy (non-hydrogen) atoms. The molecule has 0 unspecified atom stereocenters. The summed E-state index contributed by atoms with van der Waals surface area (Å²) in [6.07, 6.45) is -2.45. The van der Waals surface area contributed by atoms with Crippen molar-refractivity contribution in [2.24, 2.45) is 5.92 Å². The van der Waals surface area contributed by atoms with Gasteiger partial charge in [-0.3, -0.25) is 9.59 Å². The molecule has 1 amide bonds. The van der Waals surface area contributed by atoms with Gasteiger partial charge in [-0.2, -0.15) is 13.2 Å². The minimum absolute atomic E-state index is 0.0689. The molecular formula is C23H22Cl2F3NO3. The molecule has 9 heteroatoms. The Morgan fingerprint density at radius 3 is 2.25 bits per heavy atom. The topological polar surface area (TPSA) is 66.4 Å². The molecule has 0 heterocycles. The molecular weight excluding hydrogens is 466 g/mol. The first kappa shape index (κ1) is 24.4. The number of benzene rings is 2. The second-order valence-corrected chi connectivity index (χ2v) is 9.09. The average Bonchev–Trinajstić information content (AvgIpc) is 2.67. The molecule has 0 saturated heterocycles. The third-order valence-corrected chi connectivity index (χ3v) is 6.75. The van der Waals surface area contributed by atoms with E-state index in [9.17, 15) is 27.9 Å². The van der Waals surface area contributed by atoms with Gasteiger partial charge in [-0.05, 0) is 48.2 Å². The third kappa shape index (κ3) is 5.21. The fourth-order valence-corrected chi connectivity index (χ4v) is 4.44. The zero-order valence-electron chi connectivity index (χ0n) is 17.2. The predicted molar refractivity (Wildman–Crippen MR) is 117 cm³/mol. The van der Waals surface area contributed by atoms with Gasteiger partial charge in [0.15, 0.2) is 0 Å². The fraction of sp³-hybridized carbons (Fsp3) is 0.391. The maximum Gasteiger partial charge on any atom is 0.392 e. The van der Waals surface area contributed by atoms with Crippen molar-refractivity contribution in [3.8, 4) is 0 Å². The van der Waals surface area contributed by atoms with Crippen molar-refractivity contribution >= 4 is 40.8 Å². The van der Waals surface area contributed by atoms with Gasteiger partial charge in [-0.1, -0.05) is 54.7 Å². The van der Waals surface area contributed by atoms with Crippen LogP contribution in [0.15, 0.2) is 42.5 Å². The van der Waals surface area contributed by atoms with Gasteiger partial charge in [-0.15, -0.1) is 0 Å². The number of rotatable bonds is 7. The molecule has 0 aliphatic heterocycles. The van der Waals surface area contributed by atoms with E-state index in [0.29, 0.717) is 23.4 Å². The van der Waals surface area contributed by atoms with E-state index in [0.717, 1.165) is 13.3 Å². The maximum atomic E-state index is 13.6. The zero-order valence-corrected chi connectivity index (χ0v) is 18.7. The number of nitrogens with one attached hydrogen (secondary N) is 1. The van der Waals surface area contributed by atoms with Gasteiger partial charge in [0.05, 0.1) is 29.0 Å². The molecule has 2 aromatic carbocycles. The summed E-state index contributed by atoms with van der Waals surface area (Å²) in [5, 5.41) is 12.3. The van der Waals surface area contributed by atoms with Gasteiger partial charge in [0.1, 0.15) is 0 Å². The molecule has 1 aliphatic carbocycles. The molecule has 0 bridgehead atoms. The Morgan fingerprint density at radius 1 is 1.12 bits per heavy atom. The highest BCUT2D eigenvalue weighted by Gasteiger charge is 2.45. The van der Waals surface area contributed by atoms with Crippen LogP contribution in [0.4, 0.5) is 18.9 Å². The van der Waals surface area contributed by atoms with Crippen molar-refractivity contribution in [2.75, 3.05) is 5.32 Å². The molecule has 0 aromatic heterocycles. The lowest BCUT2D eigenvalue weighted by Crippen LogP contribution is -2.37. The van der Waals surface area contributed by atoms with Crippen LogP contribution in [0.5, 0.6) is 0 Å². The third-order valence-electron chi connectivity index (χ3n) is 6.16. The minimum Gasteiger partial charge on any atom is -0.481 e. The van der Waals surface area contributed by atoms with E-state index < -0.39 is 35.3 Å². The number of amides is 1. The Morgan fingerprint density at radius 2 is 1.75 bits per heavy atom. The zero-order chi connectivity index (χ0) is 23.7. The van der Waals surface area contributed by atoms with Crippen LogP contribution >= 0.6 is 23.2 Å². The van der Waals surface area contributed by atoms with E-state index in [4.69, 9.17) is 23.2 Å². The molecule has 2 atom stereocenters. The molecule has 4 nitrogen and oxygen atoms in total. The number of aliphatic carboxylic acids is 1. The lowest BCUT2D eigenvalue weighted by molar-refractivity contribution is -0.178. The molecule has 0 spiro atoms. The predicted octanol–water partition coefficient (Wildman–Crippen LogP) is 6.81. The van der Waals surface area contributed by atoms with Crippen LogP contribution in [0.3, 0.4) is 0 Å².